The van der Waals surface area contributed by atoms with Crippen LogP contribution in [0.25, 0.3) is 0 Å². The van der Waals surface area contributed by atoms with E-state index in [4.69, 9.17) is 16.3 Å². The van der Waals surface area contributed by atoms with E-state index in [-0.39, 0.29) is 22.0 Å². The molecule has 0 aromatic heterocycles. The number of ether oxygens (including phenoxy) is 1. The summed E-state index contributed by atoms with van der Waals surface area (Å²) in [6.07, 6.45) is 0. The molecule has 146 valence electrons. The van der Waals surface area contributed by atoms with E-state index in [1.54, 1.807) is 32.0 Å². The summed E-state index contributed by atoms with van der Waals surface area (Å²) in [5.41, 5.74) is 1.68. The highest BCUT2D eigenvalue weighted by Gasteiger charge is 2.37. The molecule has 3 rings (SSSR count). The Morgan fingerprint density at radius 3 is 2.57 bits per heavy atom. The Morgan fingerprint density at radius 2 is 1.96 bits per heavy atom. The predicted molar refractivity (Wildman–Crippen MR) is 103 cm³/mol. The molecule has 8 heteroatoms. The summed E-state index contributed by atoms with van der Waals surface area (Å²) < 4.78 is 18.9. The van der Waals surface area contributed by atoms with Gasteiger partial charge in [0.2, 0.25) is 0 Å². The smallest absolute Gasteiger partial charge is 0.337 e. The molecule has 6 nitrogen and oxygen atoms in total. The topological polar surface area (TPSA) is 78.9 Å². The fourth-order valence-electron chi connectivity index (χ4n) is 3.10. The van der Waals surface area contributed by atoms with Gasteiger partial charge in [-0.1, -0.05) is 23.7 Å². The second kappa shape index (κ2) is 7.52. The van der Waals surface area contributed by atoms with E-state index in [1.165, 1.54) is 30.2 Å². The number of aromatic hydroxyl groups is 1. The number of phenols is 1. The van der Waals surface area contributed by atoms with Gasteiger partial charge < -0.3 is 15.2 Å². The van der Waals surface area contributed by atoms with Crippen LogP contribution in [0.4, 0.5) is 14.9 Å². The quantitative estimate of drug-likeness (QED) is 0.751. The van der Waals surface area contributed by atoms with E-state index >= 15 is 0 Å². The highest BCUT2D eigenvalue weighted by Crippen LogP contribution is 2.36. The van der Waals surface area contributed by atoms with Gasteiger partial charge in [0.25, 0.3) is 0 Å². The zero-order chi connectivity index (χ0) is 20.6. The Bertz CT molecular complexity index is 1010. The average molecular weight is 405 g/mol. The Hall–Kier alpha value is -3.06. The number of nitrogens with zero attached hydrogens (tertiary/aromatic N) is 1. The maximum atomic E-state index is 14.0. The van der Waals surface area contributed by atoms with Gasteiger partial charge in [0, 0.05) is 5.70 Å². The van der Waals surface area contributed by atoms with Gasteiger partial charge in [0.05, 0.1) is 29.4 Å². The minimum absolute atomic E-state index is 0.0802. The molecule has 0 saturated heterocycles. The molecule has 1 aliphatic rings. The van der Waals surface area contributed by atoms with E-state index < -0.39 is 23.9 Å². The fourth-order valence-corrected chi connectivity index (χ4v) is 3.29. The number of esters is 1. The number of hydrogen-bond donors (Lipinski definition) is 2. The molecular weight excluding hydrogens is 387 g/mol. The summed E-state index contributed by atoms with van der Waals surface area (Å²) in [6.45, 7) is 3.19. The molecule has 1 atom stereocenters. The van der Waals surface area contributed by atoms with Gasteiger partial charge >= 0.3 is 12.0 Å². The van der Waals surface area contributed by atoms with Crippen molar-refractivity contribution >= 4 is 29.3 Å². The molecule has 2 amide bonds. The number of hydrogen-bond acceptors (Lipinski definition) is 4. The SMILES string of the molecule is COC(=O)C1=C(C)N(c2ccc(C)c(F)c2)C(=O)N[C@@H]1c1ccc(O)c(Cl)c1. The fraction of sp³-hybridized carbons (Fsp3) is 0.200. The minimum atomic E-state index is -0.843. The Kier molecular flexibility index (Phi) is 5.29. The molecule has 0 bridgehead atoms. The number of methoxy groups -OCH3 is 1. The molecule has 0 spiro atoms. The first-order valence-corrected chi connectivity index (χ1v) is 8.76. The number of anilines is 1. The molecular formula is C20H18ClFN2O4. The van der Waals surface area contributed by atoms with E-state index in [0.29, 0.717) is 16.8 Å². The van der Waals surface area contributed by atoms with Crippen LogP contribution < -0.4 is 10.2 Å². The number of urea groups is 1. The number of nitrogens with one attached hydrogen (secondary N) is 1. The van der Waals surface area contributed by atoms with E-state index in [2.05, 4.69) is 5.32 Å². The van der Waals surface area contributed by atoms with Crippen LogP contribution in [0.2, 0.25) is 5.02 Å². The predicted octanol–water partition coefficient (Wildman–Crippen LogP) is 4.21. The second-order valence-electron chi connectivity index (χ2n) is 6.35. The minimum Gasteiger partial charge on any atom is -0.506 e. The number of aryl methyl sites for hydroxylation is 1. The zero-order valence-electron chi connectivity index (χ0n) is 15.4. The third-order valence-corrected chi connectivity index (χ3v) is 4.91. The first-order chi connectivity index (χ1) is 13.2. The van der Waals surface area contributed by atoms with E-state index in [1.807, 2.05) is 0 Å². The van der Waals surface area contributed by atoms with Crippen LogP contribution in [0.1, 0.15) is 24.1 Å². The van der Waals surface area contributed by atoms with Gasteiger partial charge in [-0.3, -0.25) is 4.90 Å². The van der Waals surface area contributed by atoms with Crippen LogP contribution in [-0.4, -0.2) is 24.2 Å². The van der Waals surface area contributed by atoms with Gasteiger partial charge in [-0.2, -0.15) is 0 Å². The molecule has 0 unspecified atom stereocenters. The Morgan fingerprint density at radius 1 is 1.25 bits per heavy atom. The Labute approximate surface area is 166 Å². The number of carbonyl (C=O) groups is 2. The first-order valence-electron chi connectivity index (χ1n) is 8.39. The number of amides is 2. The number of carbonyl (C=O) groups excluding carboxylic acids is 2. The number of allylic oxidation sites excluding steroid dienone is 1. The van der Waals surface area contributed by atoms with E-state index in [9.17, 15) is 19.1 Å². The van der Waals surface area contributed by atoms with Crippen LogP contribution in [0.3, 0.4) is 0 Å². The van der Waals surface area contributed by atoms with Crippen molar-refractivity contribution in [3.05, 3.63) is 69.6 Å². The van der Waals surface area contributed by atoms with Crippen molar-refractivity contribution in [2.24, 2.45) is 0 Å². The number of phenolic OH excluding ortho intramolecular Hbond substituents is 1. The number of halogens is 2. The monoisotopic (exact) mass is 404 g/mol. The van der Waals surface area contributed by atoms with Crippen molar-refractivity contribution in [2.75, 3.05) is 12.0 Å². The van der Waals surface area contributed by atoms with Gasteiger partial charge in [-0.15, -0.1) is 0 Å². The van der Waals surface area contributed by atoms with Gasteiger partial charge in [0.1, 0.15) is 11.6 Å². The summed E-state index contributed by atoms with van der Waals surface area (Å²) in [5, 5.41) is 12.4. The van der Waals surface area contributed by atoms with Crippen molar-refractivity contribution in [3.63, 3.8) is 0 Å². The van der Waals surface area contributed by atoms with Crippen molar-refractivity contribution in [2.45, 2.75) is 19.9 Å². The summed E-state index contributed by atoms with van der Waals surface area (Å²) >= 11 is 5.98. The molecule has 1 heterocycles. The third kappa shape index (κ3) is 3.41. The lowest BCUT2D eigenvalue weighted by Gasteiger charge is -2.35. The van der Waals surface area contributed by atoms with Gasteiger partial charge in [0.15, 0.2) is 0 Å². The molecule has 2 aromatic carbocycles. The molecule has 0 aliphatic carbocycles. The van der Waals surface area contributed by atoms with Gasteiger partial charge in [-0.25, -0.2) is 14.0 Å². The standard InChI is InChI=1S/C20H18ClFN2O4/c1-10-4-6-13(9-15(10)22)24-11(2)17(19(26)28-3)18(23-20(24)27)12-5-7-16(25)14(21)8-12/h4-9,18,25H,1-3H3,(H,23,27)/t18-/m1/s1. The second-order valence-corrected chi connectivity index (χ2v) is 6.76. The molecule has 0 radical (unpaired) electrons. The van der Waals surface area contributed by atoms with Gasteiger partial charge in [-0.05, 0) is 49.2 Å². The van der Waals surface area contributed by atoms with Crippen LogP contribution >= 0.6 is 11.6 Å². The molecule has 1 aliphatic heterocycles. The molecule has 0 saturated carbocycles. The summed E-state index contributed by atoms with van der Waals surface area (Å²) in [5.74, 6) is -1.24. The van der Waals surface area contributed by atoms with Crippen molar-refractivity contribution in [1.82, 2.24) is 5.32 Å². The van der Waals surface area contributed by atoms with Crippen molar-refractivity contribution in [1.29, 1.82) is 0 Å². The van der Waals surface area contributed by atoms with Crippen LogP contribution in [0, 0.1) is 12.7 Å². The Balaban J connectivity index is 2.16. The maximum absolute atomic E-state index is 14.0. The molecule has 2 aromatic rings. The lowest BCUT2D eigenvalue weighted by atomic mass is 9.94. The highest BCUT2D eigenvalue weighted by atomic mass is 35.5. The lowest BCUT2D eigenvalue weighted by molar-refractivity contribution is -0.136. The van der Waals surface area contributed by atoms with Crippen molar-refractivity contribution < 1.29 is 23.8 Å². The largest absolute Gasteiger partial charge is 0.506 e. The normalized spacial score (nSPS) is 16.8. The maximum Gasteiger partial charge on any atom is 0.337 e. The van der Waals surface area contributed by atoms with Crippen molar-refractivity contribution in [3.8, 4) is 5.75 Å². The lowest BCUT2D eigenvalue weighted by Crippen LogP contribution is -2.48. The summed E-state index contributed by atoms with van der Waals surface area (Å²) in [4.78, 5) is 26.5. The molecule has 0 fully saturated rings. The molecule has 2 N–H and O–H groups in total. The average Bonchev–Trinajstić information content (AvgIpc) is 2.65. The van der Waals surface area contributed by atoms with E-state index in [0.717, 1.165) is 0 Å². The number of benzene rings is 2. The first kappa shape index (κ1) is 19.7. The third-order valence-electron chi connectivity index (χ3n) is 4.61. The molecule has 28 heavy (non-hydrogen) atoms. The summed E-state index contributed by atoms with van der Waals surface area (Å²) in [7, 11) is 1.23. The zero-order valence-corrected chi connectivity index (χ0v) is 16.2. The van der Waals surface area contributed by atoms with Crippen LogP contribution in [0.5, 0.6) is 5.75 Å². The van der Waals surface area contributed by atoms with Crippen LogP contribution in [0.15, 0.2) is 47.7 Å². The number of rotatable bonds is 3. The highest BCUT2D eigenvalue weighted by molar-refractivity contribution is 6.32. The van der Waals surface area contributed by atoms with Crippen LogP contribution in [-0.2, 0) is 9.53 Å². The summed E-state index contributed by atoms with van der Waals surface area (Å²) in [6, 6.07) is 7.36.